The first-order valence-electron chi connectivity index (χ1n) is 9.35. The molecule has 8 heteroatoms. The molecule has 1 unspecified atom stereocenters. The van der Waals surface area contributed by atoms with Gasteiger partial charge in [-0.2, -0.15) is 5.10 Å². The molecule has 2 aromatic rings. The first-order chi connectivity index (χ1) is 13.4. The van der Waals surface area contributed by atoms with Gasteiger partial charge in [0.1, 0.15) is 5.60 Å². The lowest BCUT2D eigenvalue weighted by molar-refractivity contribution is 0.0526. The van der Waals surface area contributed by atoms with Crippen LogP contribution >= 0.6 is 0 Å². The number of nitrogens with zero attached hydrogens (tertiary/aromatic N) is 3. The van der Waals surface area contributed by atoms with Crippen molar-refractivity contribution >= 4 is 11.9 Å². The Morgan fingerprint density at radius 1 is 1.29 bits per heavy atom. The number of guanidine groups is 1. The highest BCUT2D eigenvalue weighted by Gasteiger charge is 2.24. The Labute approximate surface area is 165 Å². The second-order valence-electron chi connectivity index (χ2n) is 6.64. The molecule has 152 valence electrons. The van der Waals surface area contributed by atoms with Crippen LogP contribution < -0.4 is 10.6 Å². The molecule has 3 N–H and O–H groups in total. The van der Waals surface area contributed by atoms with Gasteiger partial charge < -0.3 is 20.5 Å². The molecule has 1 atom stereocenters. The van der Waals surface area contributed by atoms with E-state index in [1.807, 2.05) is 26.1 Å². The zero-order valence-corrected chi connectivity index (χ0v) is 16.9. The van der Waals surface area contributed by atoms with E-state index in [9.17, 15) is 9.90 Å². The van der Waals surface area contributed by atoms with Crippen molar-refractivity contribution < 1.29 is 14.6 Å². The highest BCUT2D eigenvalue weighted by atomic mass is 16.5. The molecule has 28 heavy (non-hydrogen) atoms. The van der Waals surface area contributed by atoms with Gasteiger partial charge in [0.15, 0.2) is 5.96 Å². The fourth-order valence-electron chi connectivity index (χ4n) is 2.53. The van der Waals surface area contributed by atoms with Crippen LogP contribution in [0, 0.1) is 0 Å². The number of carbonyl (C=O) groups excluding carboxylic acids is 1. The Morgan fingerprint density at radius 3 is 2.57 bits per heavy atom. The fraction of sp³-hybridized carbons (Fsp3) is 0.450. The third-order valence-corrected chi connectivity index (χ3v) is 4.16. The van der Waals surface area contributed by atoms with Crippen LogP contribution in [-0.4, -0.2) is 46.5 Å². The lowest BCUT2D eigenvalue weighted by Crippen LogP contribution is -2.44. The van der Waals surface area contributed by atoms with Gasteiger partial charge in [-0.1, -0.05) is 12.1 Å². The number of nitrogens with one attached hydrogen (secondary N) is 2. The Kier molecular flexibility index (Phi) is 7.57. The Bertz CT molecular complexity index is 796. The number of aliphatic hydroxyl groups is 1. The van der Waals surface area contributed by atoms with Crippen LogP contribution in [0.2, 0.25) is 0 Å². The van der Waals surface area contributed by atoms with E-state index < -0.39 is 5.60 Å². The normalized spacial score (nSPS) is 13.7. The highest BCUT2D eigenvalue weighted by Crippen LogP contribution is 2.18. The fourth-order valence-corrected chi connectivity index (χ4v) is 2.53. The zero-order valence-electron chi connectivity index (χ0n) is 16.9. The van der Waals surface area contributed by atoms with E-state index in [1.165, 1.54) is 0 Å². The number of aliphatic imine (C=N–C) groups is 1. The Hall–Kier alpha value is -2.87. The van der Waals surface area contributed by atoms with E-state index >= 15 is 0 Å². The smallest absolute Gasteiger partial charge is 0.338 e. The lowest BCUT2D eigenvalue weighted by atomic mass is 10.00. The van der Waals surface area contributed by atoms with Crippen molar-refractivity contribution in [2.45, 2.75) is 32.9 Å². The van der Waals surface area contributed by atoms with Crippen LogP contribution in [0.15, 0.2) is 41.7 Å². The van der Waals surface area contributed by atoms with Gasteiger partial charge in [-0.15, -0.1) is 0 Å². The minimum atomic E-state index is -1.08. The molecule has 1 aromatic carbocycles. The average Bonchev–Trinajstić information content (AvgIpc) is 3.12. The van der Waals surface area contributed by atoms with Crippen molar-refractivity contribution in [1.82, 2.24) is 20.4 Å². The number of hydrogen-bond acceptors (Lipinski definition) is 5. The number of aryl methyl sites for hydroxylation is 1. The van der Waals surface area contributed by atoms with Crippen molar-refractivity contribution in [2.24, 2.45) is 12.0 Å². The van der Waals surface area contributed by atoms with Gasteiger partial charge in [0.25, 0.3) is 0 Å². The van der Waals surface area contributed by atoms with Gasteiger partial charge in [-0.3, -0.25) is 4.68 Å². The molecule has 0 aliphatic heterocycles. The van der Waals surface area contributed by atoms with E-state index in [4.69, 9.17) is 4.74 Å². The van der Waals surface area contributed by atoms with Crippen LogP contribution in [0.4, 0.5) is 0 Å². The van der Waals surface area contributed by atoms with Crippen LogP contribution in [0.3, 0.4) is 0 Å². The topological polar surface area (TPSA) is 101 Å². The molecule has 0 aliphatic carbocycles. The van der Waals surface area contributed by atoms with Crippen molar-refractivity contribution in [3.05, 3.63) is 53.3 Å². The molecule has 0 amide bonds. The zero-order chi connectivity index (χ0) is 20.6. The summed E-state index contributed by atoms with van der Waals surface area (Å²) in [6.07, 6.45) is 3.44. The first-order valence-corrected chi connectivity index (χ1v) is 9.35. The first kappa shape index (κ1) is 21.4. The van der Waals surface area contributed by atoms with E-state index in [0.717, 1.165) is 11.1 Å². The summed E-state index contributed by atoms with van der Waals surface area (Å²) in [4.78, 5) is 16.2. The van der Waals surface area contributed by atoms with Crippen LogP contribution in [0.1, 0.15) is 42.3 Å². The van der Waals surface area contributed by atoms with Gasteiger partial charge in [0.05, 0.1) is 31.5 Å². The number of benzene rings is 1. The maximum absolute atomic E-state index is 11.7. The third-order valence-electron chi connectivity index (χ3n) is 4.16. The SMILES string of the molecule is CCNC(=NCc1ccc(C(=O)OCC)cc1)NCC(C)(O)c1cnn(C)c1. The molecule has 1 aromatic heterocycles. The summed E-state index contributed by atoms with van der Waals surface area (Å²) in [6, 6.07) is 7.17. The minimum absolute atomic E-state index is 0.284. The van der Waals surface area contributed by atoms with Gasteiger partial charge in [0.2, 0.25) is 0 Å². The predicted octanol–water partition coefficient (Wildman–Crippen LogP) is 1.56. The largest absolute Gasteiger partial charge is 0.462 e. The molecule has 2 rings (SSSR count). The summed E-state index contributed by atoms with van der Waals surface area (Å²) < 4.78 is 6.64. The molecule has 0 radical (unpaired) electrons. The summed E-state index contributed by atoms with van der Waals surface area (Å²) in [5.74, 6) is 0.270. The average molecular weight is 387 g/mol. The summed E-state index contributed by atoms with van der Waals surface area (Å²) in [7, 11) is 1.81. The second kappa shape index (κ2) is 9.89. The molecule has 0 bridgehead atoms. The number of hydrogen-bond donors (Lipinski definition) is 3. The maximum Gasteiger partial charge on any atom is 0.338 e. The minimum Gasteiger partial charge on any atom is -0.462 e. The predicted molar refractivity (Wildman–Crippen MR) is 108 cm³/mol. The van der Waals surface area contributed by atoms with Crippen molar-refractivity contribution in [3.63, 3.8) is 0 Å². The molecule has 0 spiro atoms. The molecule has 8 nitrogen and oxygen atoms in total. The van der Waals surface area contributed by atoms with E-state index in [2.05, 4.69) is 20.7 Å². The molecular weight excluding hydrogens is 358 g/mol. The third kappa shape index (κ3) is 6.09. The van der Waals surface area contributed by atoms with E-state index in [1.54, 1.807) is 43.1 Å². The van der Waals surface area contributed by atoms with Crippen molar-refractivity contribution in [3.8, 4) is 0 Å². The van der Waals surface area contributed by atoms with Gasteiger partial charge >= 0.3 is 5.97 Å². The van der Waals surface area contributed by atoms with Gasteiger partial charge in [-0.25, -0.2) is 9.79 Å². The van der Waals surface area contributed by atoms with E-state index in [0.29, 0.717) is 31.2 Å². The van der Waals surface area contributed by atoms with Crippen LogP contribution in [-0.2, 0) is 23.9 Å². The quantitative estimate of drug-likeness (QED) is 0.361. The second-order valence-corrected chi connectivity index (χ2v) is 6.64. The standard InChI is InChI=1S/C20H29N5O3/c1-5-21-19(23-14-20(3,27)17-12-24-25(4)13-17)22-11-15-7-9-16(10-8-15)18(26)28-6-2/h7-10,12-13,27H,5-6,11,14H2,1-4H3,(H2,21,22,23). The summed E-state index contributed by atoms with van der Waals surface area (Å²) in [5.41, 5.74) is 1.13. The monoisotopic (exact) mass is 387 g/mol. The number of carbonyl (C=O) groups is 1. The van der Waals surface area contributed by atoms with E-state index in [-0.39, 0.29) is 12.5 Å². The Balaban J connectivity index is 1.99. The maximum atomic E-state index is 11.7. The number of aromatic nitrogens is 2. The molecule has 0 aliphatic rings. The summed E-state index contributed by atoms with van der Waals surface area (Å²) in [5, 5.41) is 21.1. The van der Waals surface area contributed by atoms with Crippen molar-refractivity contribution in [1.29, 1.82) is 0 Å². The molecule has 0 saturated heterocycles. The molecule has 1 heterocycles. The molecular formula is C20H29N5O3. The number of ether oxygens (including phenoxy) is 1. The van der Waals surface area contributed by atoms with Crippen LogP contribution in [0.5, 0.6) is 0 Å². The molecule has 0 saturated carbocycles. The number of rotatable bonds is 8. The van der Waals surface area contributed by atoms with Crippen molar-refractivity contribution in [2.75, 3.05) is 19.7 Å². The number of esters is 1. The molecule has 0 fully saturated rings. The lowest BCUT2D eigenvalue weighted by Gasteiger charge is -2.23. The highest BCUT2D eigenvalue weighted by molar-refractivity contribution is 5.89. The summed E-state index contributed by atoms with van der Waals surface area (Å²) >= 11 is 0. The summed E-state index contributed by atoms with van der Waals surface area (Å²) in [6.45, 7) is 7.26. The van der Waals surface area contributed by atoms with Gasteiger partial charge in [-0.05, 0) is 38.5 Å². The Morgan fingerprint density at radius 2 is 2.00 bits per heavy atom. The van der Waals surface area contributed by atoms with Gasteiger partial charge in [0, 0.05) is 25.4 Å². The van der Waals surface area contributed by atoms with Crippen LogP contribution in [0.25, 0.3) is 0 Å².